The third-order valence-corrected chi connectivity index (χ3v) is 7.79. The van der Waals surface area contributed by atoms with Crippen LogP contribution in [0.1, 0.15) is 62.3 Å². The Balaban J connectivity index is 1.70. The normalized spacial score (nSPS) is 18.9. The second-order valence-corrected chi connectivity index (χ2v) is 10.7. The van der Waals surface area contributed by atoms with E-state index in [1.54, 1.807) is 30.2 Å². The van der Waals surface area contributed by atoms with Crippen molar-refractivity contribution in [1.82, 2.24) is 9.80 Å². The van der Waals surface area contributed by atoms with Crippen molar-refractivity contribution in [3.8, 4) is 17.2 Å². The van der Waals surface area contributed by atoms with E-state index in [1.165, 1.54) is 0 Å². The largest absolute Gasteiger partial charge is 0.507 e. The third-order valence-electron chi connectivity index (χ3n) is 7.79. The molecule has 1 atom stereocenters. The summed E-state index contributed by atoms with van der Waals surface area (Å²) in [6.45, 7) is 11.2. The molecule has 2 aromatic rings. The number of carbonyl (C=O) groups excluding carboxylic acids is 2. The number of ether oxygens (including phenoxy) is 4. The van der Waals surface area contributed by atoms with E-state index in [9.17, 15) is 14.7 Å². The standard InChI is InChI=1S/C33H44N2O7/c1-5-7-8-18-42-27-13-10-24(22-28(27)39-4)30-29(31(36)26-12-11-25(41-6-2)21-23(26)3)32(37)33(38)35(30)15-9-14-34-16-19-40-20-17-34/h10-13,21-22,30,36H,5-9,14-20H2,1-4H3/b31-29+. The molecule has 9 nitrogen and oxygen atoms in total. The lowest BCUT2D eigenvalue weighted by Crippen LogP contribution is -2.39. The molecule has 2 aliphatic heterocycles. The van der Waals surface area contributed by atoms with Gasteiger partial charge in [0.15, 0.2) is 11.5 Å². The molecule has 0 aliphatic carbocycles. The number of likely N-dealkylation sites (tertiary alicyclic amines) is 1. The first kappa shape index (κ1) is 31.4. The number of hydrogen-bond acceptors (Lipinski definition) is 8. The molecule has 2 aliphatic rings. The van der Waals surface area contributed by atoms with Crippen LogP contribution in [0.3, 0.4) is 0 Å². The van der Waals surface area contributed by atoms with Crippen LogP contribution in [0, 0.1) is 6.92 Å². The SMILES string of the molecule is CCCCCOc1ccc(C2/C(=C(\O)c3ccc(OCC)cc3C)C(=O)C(=O)N2CCCN2CCOCC2)cc1OC. The van der Waals surface area contributed by atoms with Gasteiger partial charge in [0.1, 0.15) is 11.5 Å². The predicted octanol–water partition coefficient (Wildman–Crippen LogP) is 5.12. The molecule has 0 saturated carbocycles. The zero-order valence-corrected chi connectivity index (χ0v) is 25.3. The van der Waals surface area contributed by atoms with Gasteiger partial charge in [-0.1, -0.05) is 25.8 Å². The van der Waals surface area contributed by atoms with Crippen molar-refractivity contribution in [3.05, 3.63) is 58.7 Å². The Morgan fingerprint density at radius 2 is 1.76 bits per heavy atom. The molecule has 4 rings (SSSR count). The Bertz CT molecular complexity index is 1270. The van der Waals surface area contributed by atoms with E-state index in [2.05, 4.69) is 11.8 Å². The molecule has 1 amide bonds. The molecule has 2 saturated heterocycles. The van der Waals surface area contributed by atoms with Crippen LogP contribution in [0.15, 0.2) is 42.0 Å². The van der Waals surface area contributed by atoms with Gasteiger partial charge in [-0.3, -0.25) is 14.5 Å². The number of aliphatic hydroxyl groups excluding tert-OH is 1. The molecule has 228 valence electrons. The molecule has 2 aromatic carbocycles. The number of benzene rings is 2. The second-order valence-electron chi connectivity index (χ2n) is 10.7. The minimum absolute atomic E-state index is 0.0669. The molecule has 0 bridgehead atoms. The maximum absolute atomic E-state index is 13.6. The van der Waals surface area contributed by atoms with Gasteiger partial charge in [0.05, 0.1) is 45.2 Å². The highest BCUT2D eigenvalue weighted by molar-refractivity contribution is 6.46. The number of nitrogens with zero attached hydrogens (tertiary/aromatic N) is 2. The van der Waals surface area contributed by atoms with Crippen molar-refractivity contribution >= 4 is 17.4 Å². The smallest absolute Gasteiger partial charge is 0.295 e. The van der Waals surface area contributed by atoms with Crippen LogP contribution in [-0.4, -0.2) is 86.3 Å². The lowest BCUT2D eigenvalue weighted by Gasteiger charge is -2.29. The minimum Gasteiger partial charge on any atom is -0.507 e. The fourth-order valence-electron chi connectivity index (χ4n) is 5.56. The molecule has 0 radical (unpaired) electrons. The van der Waals surface area contributed by atoms with Gasteiger partial charge in [0.2, 0.25) is 0 Å². The van der Waals surface area contributed by atoms with Crippen LogP contribution in [0.5, 0.6) is 17.2 Å². The minimum atomic E-state index is -0.774. The average molecular weight is 581 g/mol. The van der Waals surface area contributed by atoms with Crippen LogP contribution >= 0.6 is 0 Å². The van der Waals surface area contributed by atoms with Crippen molar-refractivity contribution in [1.29, 1.82) is 0 Å². The Labute approximate surface area is 249 Å². The van der Waals surface area contributed by atoms with Gasteiger partial charge < -0.3 is 29.0 Å². The number of morpholine rings is 1. The monoisotopic (exact) mass is 580 g/mol. The summed E-state index contributed by atoms with van der Waals surface area (Å²) in [5.41, 5.74) is 1.96. The van der Waals surface area contributed by atoms with Crippen LogP contribution in [0.25, 0.3) is 5.76 Å². The number of amides is 1. The van der Waals surface area contributed by atoms with Gasteiger partial charge >= 0.3 is 0 Å². The van der Waals surface area contributed by atoms with Gasteiger partial charge in [-0.15, -0.1) is 0 Å². The van der Waals surface area contributed by atoms with E-state index < -0.39 is 17.7 Å². The molecule has 9 heteroatoms. The quantitative estimate of drug-likeness (QED) is 0.142. The molecule has 1 N–H and O–H groups in total. The maximum atomic E-state index is 13.6. The predicted molar refractivity (Wildman–Crippen MR) is 161 cm³/mol. The average Bonchev–Trinajstić information content (AvgIpc) is 3.25. The second kappa shape index (κ2) is 15.1. The number of hydrogen-bond donors (Lipinski definition) is 1. The highest BCUT2D eigenvalue weighted by Crippen LogP contribution is 2.42. The first-order valence-electron chi connectivity index (χ1n) is 15.0. The van der Waals surface area contributed by atoms with E-state index in [0.29, 0.717) is 67.8 Å². The summed E-state index contributed by atoms with van der Waals surface area (Å²) in [5, 5.41) is 11.6. The molecule has 0 aromatic heterocycles. The van der Waals surface area contributed by atoms with Crippen LogP contribution in [-0.2, 0) is 14.3 Å². The van der Waals surface area contributed by atoms with Crippen molar-refractivity contribution < 1.29 is 33.6 Å². The number of Topliss-reactive ketones (excluding diaryl/α,β-unsaturated/α-hetero) is 1. The highest BCUT2D eigenvalue weighted by atomic mass is 16.5. The summed E-state index contributed by atoms with van der Waals surface area (Å²) in [4.78, 5) is 30.9. The van der Waals surface area contributed by atoms with E-state index in [1.807, 2.05) is 32.0 Å². The molecule has 2 heterocycles. The number of methoxy groups -OCH3 is 1. The fraction of sp³-hybridized carbons (Fsp3) is 0.515. The Hall–Kier alpha value is -3.56. The number of rotatable bonds is 14. The lowest BCUT2D eigenvalue weighted by molar-refractivity contribution is -0.140. The fourth-order valence-corrected chi connectivity index (χ4v) is 5.56. The van der Waals surface area contributed by atoms with Gasteiger partial charge in [0.25, 0.3) is 11.7 Å². The maximum Gasteiger partial charge on any atom is 0.295 e. The van der Waals surface area contributed by atoms with Crippen LogP contribution in [0.2, 0.25) is 0 Å². The molecule has 1 unspecified atom stereocenters. The number of aliphatic hydroxyl groups is 1. The zero-order chi connectivity index (χ0) is 30.1. The van der Waals surface area contributed by atoms with Gasteiger partial charge in [0, 0.05) is 31.7 Å². The number of unbranched alkanes of at least 4 members (excludes halogenated alkanes) is 2. The zero-order valence-electron chi connectivity index (χ0n) is 25.3. The van der Waals surface area contributed by atoms with Gasteiger partial charge in [-0.25, -0.2) is 0 Å². The number of carbonyl (C=O) groups is 2. The highest BCUT2D eigenvalue weighted by Gasteiger charge is 2.46. The first-order chi connectivity index (χ1) is 20.4. The van der Waals surface area contributed by atoms with E-state index in [4.69, 9.17) is 18.9 Å². The summed E-state index contributed by atoms with van der Waals surface area (Å²) < 4.78 is 22.7. The molecule has 0 spiro atoms. The van der Waals surface area contributed by atoms with E-state index >= 15 is 0 Å². The van der Waals surface area contributed by atoms with Gasteiger partial charge in [-0.05, 0) is 68.1 Å². The van der Waals surface area contributed by atoms with Crippen molar-refractivity contribution in [2.75, 3.05) is 59.7 Å². The lowest BCUT2D eigenvalue weighted by atomic mass is 9.93. The van der Waals surface area contributed by atoms with E-state index in [0.717, 1.165) is 44.5 Å². The summed E-state index contributed by atoms with van der Waals surface area (Å²) in [7, 11) is 1.57. The Kier molecular flexibility index (Phi) is 11.3. The molecular formula is C33H44N2O7. The van der Waals surface area contributed by atoms with Crippen LogP contribution < -0.4 is 14.2 Å². The first-order valence-corrected chi connectivity index (χ1v) is 15.0. The third kappa shape index (κ3) is 7.25. The summed E-state index contributed by atoms with van der Waals surface area (Å²) in [6.07, 6.45) is 3.79. The van der Waals surface area contributed by atoms with Crippen LogP contribution in [0.4, 0.5) is 0 Å². The van der Waals surface area contributed by atoms with Crippen molar-refractivity contribution in [3.63, 3.8) is 0 Å². The topological polar surface area (TPSA) is 97.8 Å². The number of ketones is 1. The van der Waals surface area contributed by atoms with Crippen molar-refractivity contribution in [2.45, 2.75) is 52.5 Å². The number of aryl methyl sites for hydroxylation is 1. The van der Waals surface area contributed by atoms with Crippen molar-refractivity contribution in [2.24, 2.45) is 0 Å². The van der Waals surface area contributed by atoms with E-state index in [-0.39, 0.29) is 11.3 Å². The summed E-state index contributed by atoms with van der Waals surface area (Å²) in [6, 6.07) is 10.00. The molecular weight excluding hydrogens is 536 g/mol. The summed E-state index contributed by atoms with van der Waals surface area (Å²) in [5.74, 6) is 0.269. The Morgan fingerprint density at radius 1 is 0.976 bits per heavy atom. The Morgan fingerprint density at radius 3 is 2.45 bits per heavy atom. The summed E-state index contributed by atoms with van der Waals surface area (Å²) >= 11 is 0. The molecule has 2 fully saturated rings. The van der Waals surface area contributed by atoms with Gasteiger partial charge in [-0.2, -0.15) is 0 Å². The molecule has 42 heavy (non-hydrogen) atoms.